The monoisotopic (exact) mass is 195 g/mol. The number of ketones is 1. The molecule has 3 heteroatoms. The molecule has 1 aliphatic carbocycles. The van der Waals surface area contributed by atoms with Crippen LogP contribution in [-0.4, -0.2) is 29.7 Å². The van der Waals surface area contributed by atoms with Crippen LogP contribution in [0, 0.1) is 5.92 Å². The van der Waals surface area contributed by atoms with E-state index in [-0.39, 0.29) is 11.7 Å². The van der Waals surface area contributed by atoms with Crippen molar-refractivity contribution in [1.29, 1.82) is 0 Å². The van der Waals surface area contributed by atoms with Crippen LogP contribution in [0.4, 0.5) is 0 Å². The minimum absolute atomic E-state index is 0.198. The molecular formula is C11H17NO2. The molecule has 1 saturated carbocycles. The van der Waals surface area contributed by atoms with Crippen molar-refractivity contribution in [2.24, 2.45) is 5.92 Å². The van der Waals surface area contributed by atoms with E-state index in [9.17, 15) is 9.59 Å². The Morgan fingerprint density at radius 2 is 1.93 bits per heavy atom. The highest BCUT2D eigenvalue weighted by Gasteiger charge is 2.29. The van der Waals surface area contributed by atoms with Gasteiger partial charge in [0.2, 0.25) is 5.78 Å². The smallest absolute Gasteiger partial charge is 0.290 e. The summed E-state index contributed by atoms with van der Waals surface area (Å²) in [5.41, 5.74) is 0. The van der Waals surface area contributed by atoms with Gasteiger partial charge in [0.25, 0.3) is 5.91 Å². The van der Waals surface area contributed by atoms with E-state index in [0.29, 0.717) is 13.0 Å². The average molecular weight is 195 g/mol. The summed E-state index contributed by atoms with van der Waals surface area (Å²) in [5.74, 6) is 0.359. The molecule has 1 aliphatic heterocycles. The van der Waals surface area contributed by atoms with Gasteiger partial charge in [0.05, 0.1) is 0 Å². The van der Waals surface area contributed by atoms with E-state index in [1.807, 2.05) is 0 Å². The molecule has 0 spiro atoms. The summed E-state index contributed by atoms with van der Waals surface area (Å²) in [6, 6.07) is 0. The first-order chi connectivity index (χ1) is 6.77. The fourth-order valence-corrected chi connectivity index (χ4v) is 2.47. The fourth-order valence-electron chi connectivity index (χ4n) is 2.47. The summed E-state index contributed by atoms with van der Waals surface area (Å²) >= 11 is 0. The number of Topliss-reactive ketones (excluding diaryl/α,β-unsaturated/α-hetero) is 1. The second kappa shape index (κ2) is 4.11. The molecule has 1 amide bonds. The lowest BCUT2D eigenvalue weighted by Gasteiger charge is -2.16. The first-order valence-electron chi connectivity index (χ1n) is 5.59. The van der Waals surface area contributed by atoms with Crippen LogP contribution >= 0.6 is 0 Å². The van der Waals surface area contributed by atoms with Gasteiger partial charge in [-0.2, -0.15) is 0 Å². The molecule has 1 saturated heterocycles. The highest BCUT2D eigenvalue weighted by atomic mass is 16.2. The van der Waals surface area contributed by atoms with E-state index in [0.717, 1.165) is 18.9 Å². The number of carbonyl (C=O) groups is 2. The summed E-state index contributed by atoms with van der Waals surface area (Å²) in [7, 11) is 0. The van der Waals surface area contributed by atoms with Gasteiger partial charge in [0.1, 0.15) is 0 Å². The van der Waals surface area contributed by atoms with Crippen LogP contribution in [-0.2, 0) is 9.59 Å². The molecule has 0 atom stereocenters. The summed E-state index contributed by atoms with van der Waals surface area (Å²) in [4.78, 5) is 24.0. The quantitative estimate of drug-likeness (QED) is 0.638. The van der Waals surface area contributed by atoms with Crippen molar-refractivity contribution in [2.75, 3.05) is 13.1 Å². The molecule has 2 rings (SSSR count). The van der Waals surface area contributed by atoms with Crippen molar-refractivity contribution in [2.45, 2.75) is 38.5 Å². The molecule has 14 heavy (non-hydrogen) atoms. The Hall–Kier alpha value is -0.860. The normalized spacial score (nSPS) is 23.9. The molecule has 0 aromatic heterocycles. The molecule has 0 N–H and O–H groups in total. The first-order valence-corrected chi connectivity index (χ1v) is 5.59. The second-order valence-corrected chi connectivity index (χ2v) is 4.40. The van der Waals surface area contributed by atoms with Gasteiger partial charge < -0.3 is 4.90 Å². The van der Waals surface area contributed by atoms with Crippen LogP contribution in [0.15, 0.2) is 0 Å². The lowest BCUT2D eigenvalue weighted by Crippen LogP contribution is -2.29. The Kier molecular flexibility index (Phi) is 2.85. The van der Waals surface area contributed by atoms with E-state index in [1.165, 1.54) is 25.7 Å². The van der Waals surface area contributed by atoms with Gasteiger partial charge >= 0.3 is 0 Å². The summed E-state index contributed by atoms with van der Waals surface area (Å²) < 4.78 is 0. The SMILES string of the molecule is O=C1CCN(CCC2CCCC2)C1=O. The first kappa shape index (κ1) is 9.69. The lowest BCUT2D eigenvalue weighted by molar-refractivity contribution is -0.140. The third-order valence-electron chi connectivity index (χ3n) is 3.42. The van der Waals surface area contributed by atoms with Gasteiger partial charge in [0, 0.05) is 19.5 Å². The Balaban J connectivity index is 1.75. The summed E-state index contributed by atoms with van der Waals surface area (Å²) in [5, 5.41) is 0. The third kappa shape index (κ3) is 1.97. The molecule has 2 aliphatic rings. The average Bonchev–Trinajstić information content (AvgIpc) is 2.77. The lowest BCUT2D eigenvalue weighted by atomic mass is 10.0. The van der Waals surface area contributed by atoms with Crippen LogP contribution in [0.25, 0.3) is 0 Å². The number of rotatable bonds is 3. The van der Waals surface area contributed by atoms with Gasteiger partial charge in [-0.15, -0.1) is 0 Å². The van der Waals surface area contributed by atoms with E-state index in [1.54, 1.807) is 4.90 Å². The molecule has 2 fully saturated rings. The highest BCUT2D eigenvalue weighted by Crippen LogP contribution is 2.27. The van der Waals surface area contributed by atoms with Crippen LogP contribution in [0.2, 0.25) is 0 Å². The van der Waals surface area contributed by atoms with Gasteiger partial charge in [-0.25, -0.2) is 0 Å². The van der Waals surface area contributed by atoms with E-state index in [4.69, 9.17) is 0 Å². The highest BCUT2D eigenvalue weighted by molar-refractivity contribution is 6.37. The maximum absolute atomic E-state index is 11.3. The van der Waals surface area contributed by atoms with Gasteiger partial charge in [-0.3, -0.25) is 9.59 Å². The summed E-state index contributed by atoms with van der Waals surface area (Å²) in [6.45, 7) is 1.46. The van der Waals surface area contributed by atoms with Crippen LogP contribution in [0.1, 0.15) is 38.5 Å². The van der Waals surface area contributed by atoms with Crippen molar-refractivity contribution in [3.8, 4) is 0 Å². The number of hydrogen-bond acceptors (Lipinski definition) is 2. The number of carbonyl (C=O) groups excluding carboxylic acids is 2. The zero-order valence-electron chi connectivity index (χ0n) is 8.50. The molecule has 0 aromatic carbocycles. The standard InChI is InChI=1S/C11H17NO2/c13-10-6-8-12(11(10)14)7-5-9-3-1-2-4-9/h9H,1-8H2. The van der Waals surface area contributed by atoms with Gasteiger partial charge in [0.15, 0.2) is 0 Å². The Morgan fingerprint density at radius 1 is 1.21 bits per heavy atom. The maximum atomic E-state index is 11.3. The molecule has 0 aromatic rings. The topological polar surface area (TPSA) is 37.4 Å². The molecule has 0 radical (unpaired) electrons. The molecule has 78 valence electrons. The number of hydrogen-bond donors (Lipinski definition) is 0. The molecule has 0 bridgehead atoms. The number of nitrogens with zero attached hydrogens (tertiary/aromatic N) is 1. The Morgan fingerprint density at radius 3 is 2.50 bits per heavy atom. The van der Waals surface area contributed by atoms with Crippen LogP contribution < -0.4 is 0 Å². The number of amides is 1. The molecule has 1 heterocycles. The van der Waals surface area contributed by atoms with Crippen molar-refractivity contribution >= 4 is 11.7 Å². The van der Waals surface area contributed by atoms with Crippen molar-refractivity contribution in [3.05, 3.63) is 0 Å². The minimum Gasteiger partial charge on any atom is -0.336 e. The van der Waals surface area contributed by atoms with E-state index < -0.39 is 0 Å². The largest absolute Gasteiger partial charge is 0.336 e. The second-order valence-electron chi connectivity index (χ2n) is 4.40. The van der Waals surface area contributed by atoms with Crippen LogP contribution in [0.5, 0.6) is 0 Å². The summed E-state index contributed by atoms with van der Waals surface area (Å²) in [6.07, 6.45) is 6.85. The third-order valence-corrected chi connectivity index (χ3v) is 3.42. The zero-order valence-corrected chi connectivity index (χ0v) is 8.50. The molecule has 0 unspecified atom stereocenters. The van der Waals surface area contributed by atoms with Crippen LogP contribution in [0.3, 0.4) is 0 Å². The van der Waals surface area contributed by atoms with Gasteiger partial charge in [-0.05, 0) is 12.3 Å². The maximum Gasteiger partial charge on any atom is 0.290 e. The molecule has 3 nitrogen and oxygen atoms in total. The van der Waals surface area contributed by atoms with E-state index in [2.05, 4.69) is 0 Å². The predicted molar refractivity (Wildman–Crippen MR) is 52.8 cm³/mol. The Labute approximate surface area is 84.5 Å². The number of likely N-dealkylation sites (tertiary alicyclic amines) is 1. The minimum atomic E-state index is -0.247. The van der Waals surface area contributed by atoms with E-state index >= 15 is 0 Å². The Bertz CT molecular complexity index is 244. The zero-order chi connectivity index (χ0) is 9.97. The fraction of sp³-hybridized carbons (Fsp3) is 0.818. The molecular weight excluding hydrogens is 178 g/mol. The van der Waals surface area contributed by atoms with Crippen molar-refractivity contribution in [3.63, 3.8) is 0 Å². The predicted octanol–water partition coefficient (Wildman–Crippen LogP) is 1.37. The van der Waals surface area contributed by atoms with Crippen molar-refractivity contribution < 1.29 is 9.59 Å². The van der Waals surface area contributed by atoms with Crippen molar-refractivity contribution in [1.82, 2.24) is 4.90 Å². The van der Waals surface area contributed by atoms with Gasteiger partial charge in [-0.1, -0.05) is 25.7 Å².